The first-order valence-electron chi connectivity index (χ1n) is 51.3. The highest BCUT2D eigenvalue weighted by Crippen LogP contribution is 2.53. The van der Waals surface area contributed by atoms with Gasteiger partial charge in [0, 0.05) is 63.0 Å². The second kappa shape index (κ2) is 106. The summed E-state index contributed by atoms with van der Waals surface area (Å²) in [6.07, 6.45) is 15.5. The lowest BCUT2D eigenvalue weighted by molar-refractivity contribution is -0.109. The van der Waals surface area contributed by atoms with Gasteiger partial charge in [0.15, 0.2) is 0 Å². The van der Waals surface area contributed by atoms with Gasteiger partial charge in [-0.1, -0.05) is 13.8 Å². The summed E-state index contributed by atoms with van der Waals surface area (Å²) in [5.41, 5.74) is -0.652. The van der Waals surface area contributed by atoms with Crippen LogP contribution in [0.1, 0.15) is 174 Å². The Balaban J connectivity index is 0. The molecule has 4 rings (SSSR count). The fraction of sp³-hybridized carbons (Fsp3) is 0.815. The standard InChI is InChI=1S/C26H38N4O4.C22H32N4O4.C18H27N3O3.C15H23N3O3.C14H21N3O3.C13H19N3O3/c1-29-11-15-33-19-23-7-8-24(20-34-16-12-30-2)26-22(18-32-14-4-10-28)6-5-21(25(23)26)17-31-13-3-9-27;1-25-7-11-29-17-21-13-19(15-27-9-3-5-23)20(16-28-10-4-6-24)14-22(21)18-30-12-8-26-2;1-21-6-9-24-15-18-11-16(13-22-7-2-4-19)10-17(12-18)14-23-8-3-5-20;1-2-15(12-19-9-3-6-16,13-20-10-4-7-17)14-21-11-5-8-18;1-14(11-18-8-2-5-15,12-19-9-3-6-16)13-20-10-4-7-17;14-4-1-7-17-10-13(11-18-8-2-5-15)12-19-9-3-6-16/h21-26H,3-8,11-20H2;19-22H,3-4,7-18H2;16-18H,2-3,6-15H2;2-5,9-14H2,1H3;2-4,8-13H2,1H3;13H,1-3,7-12H2. The van der Waals surface area contributed by atoms with Crippen molar-refractivity contribution in [2.24, 2.45) is 93.7 Å². The summed E-state index contributed by atoms with van der Waals surface area (Å²) in [5.74, 6) is 4.89. The summed E-state index contributed by atoms with van der Waals surface area (Å²) < 4.78 is 112. The van der Waals surface area contributed by atoms with E-state index in [1.165, 1.54) is 0 Å². The summed E-state index contributed by atoms with van der Waals surface area (Å²) in [6.45, 7) is 59.7. The maximum Gasteiger partial charge on any atom is 0.237 e. The summed E-state index contributed by atoms with van der Waals surface area (Å²) >= 11 is 0. The summed E-state index contributed by atoms with van der Waals surface area (Å²) in [4.78, 5) is 16.7. The fourth-order valence-corrected chi connectivity index (χ4v) is 17.1. The summed E-state index contributed by atoms with van der Waals surface area (Å²) in [7, 11) is 0. The summed E-state index contributed by atoms with van der Waals surface area (Å²) in [6, 6.07) is 30.8. The molecular formula is C108H160N20O20. The number of rotatable bonds is 81. The van der Waals surface area contributed by atoms with Gasteiger partial charge in [0.2, 0.25) is 32.7 Å². The quantitative estimate of drug-likeness (QED) is 0.0403. The van der Waals surface area contributed by atoms with Crippen molar-refractivity contribution in [3.63, 3.8) is 0 Å². The third-order valence-corrected chi connectivity index (χ3v) is 24.2. The molecule has 0 heterocycles. The predicted octanol–water partition coefficient (Wildman–Crippen LogP) is 15.1. The molecule has 4 aliphatic rings. The minimum absolute atomic E-state index is 0.0519. The maximum atomic E-state index is 8.85. The van der Waals surface area contributed by atoms with Crippen LogP contribution >= 0.6 is 0 Å². The molecule has 12 atom stereocenters. The molecular weight excluding hydrogens is 1900 g/mol. The molecule has 0 aliphatic heterocycles. The molecule has 0 saturated heterocycles. The van der Waals surface area contributed by atoms with Crippen molar-refractivity contribution in [2.45, 2.75) is 174 Å². The number of hydrogen-bond donors (Lipinski definition) is 0. The number of fused-ring (bicyclic) bond motifs is 1. The van der Waals surface area contributed by atoms with Crippen LogP contribution in [0, 0.1) is 297 Å². The Bertz CT molecular complexity index is 3750. The number of nitriles is 15. The lowest BCUT2D eigenvalue weighted by atomic mass is 9.54. The van der Waals surface area contributed by atoms with E-state index >= 15 is 0 Å². The molecule has 0 aromatic heterocycles. The van der Waals surface area contributed by atoms with Gasteiger partial charge in [-0.3, -0.25) is 0 Å². The van der Waals surface area contributed by atoms with E-state index < -0.39 is 0 Å². The van der Waals surface area contributed by atoms with Crippen molar-refractivity contribution in [1.82, 2.24) is 0 Å². The van der Waals surface area contributed by atoms with E-state index in [2.05, 4.69) is 60.6 Å². The van der Waals surface area contributed by atoms with E-state index in [0.717, 1.165) is 64.2 Å². The Kier molecular flexibility index (Phi) is 99.5. The monoisotopic (exact) mass is 2060 g/mol. The highest BCUT2D eigenvalue weighted by molar-refractivity contribution is 4.99. The minimum Gasteiger partial charge on any atom is -0.380 e. The summed E-state index contributed by atoms with van der Waals surface area (Å²) in [5, 5.41) is 128. The van der Waals surface area contributed by atoms with Crippen LogP contribution in [0.15, 0.2) is 0 Å². The molecule has 148 heavy (non-hydrogen) atoms. The average molecular weight is 2060 g/mol. The Hall–Kier alpha value is -11.0. The van der Waals surface area contributed by atoms with Gasteiger partial charge in [0.05, 0.1) is 372 Å². The smallest absolute Gasteiger partial charge is 0.237 e. The third-order valence-electron chi connectivity index (χ3n) is 24.2. The SMILES string of the molecule is CC(COCCC#N)(COCCC#N)COCCC#N.CCC(COCCC#N)(COCCC#N)COCCC#N.N#CCCOCC(COCCC#N)COCCC#N.[C-]#[N+]CCOCC1CC(COCCC#N)C(COCCC#N)CC1COCC[N+]#[C-].[C-]#[N+]CCOCC1CC(COCCC#N)CC(COCCC#N)C1.[C-]#[N+]CCOCC1CCC(COCC[N+]#[C-])C2C(COCCC#N)CCC(COCCC#N)C12. The molecule has 0 bridgehead atoms. The van der Waals surface area contributed by atoms with Crippen LogP contribution in [0.4, 0.5) is 0 Å². The molecule has 4 aliphatic carbocycles. The van der Waals surface area contributed by atoms with Crippen molar-refractivity contribution >= 4 is 0 Å². The van der Waals surface area contributed by atoms with Crippen LogP contribution in [0.25, 0.3) is 24.2 Å². The van der Waals surface area contributed by atoms with E-state index in [1.807, 2.05) is 68.5 Å². The van der Waals surface area contributed by atoms with Gasteiger partial charge in [-0.2, -0.15) is 78.9 Å². The molecule has 12 unspecified atom stereocenters. The maximum absolute atomic E-state index is 8.85. The van der Waals surface area contributed by atoms with Crippen LogP contribution in [-0.2, 0) is 94.7 Å². The topological polar surface area (TPSA) is 563 Å². The Labute approximate surface area is 882 Å². The molecule has 0 aromatic rings. The zero-order valence-electron chi connectivity index (χ0n) is 87.7. The molecule has 40 nitrogen and oxygen atoms in total. The molecule has 0 spiro atoms. The Morgan fingerprint density at radius 3 is 0.588 bits per heavy atom. The molecule has 0 N–H and O–H groups in total. The predicted molar refractivity (Wildman–Crippen MR) is 538 cm³/mol. The first kappa shape index (κ1) is 139. The average Bonchev–Trinajstić information content (AvgIpc) is 0.764. The van der Waals surface area contributed by atoms with Crippen LogP contribution in [0.2, 0.25) is 0 Å². The molecule has 40 heteroatoms. The van der Waals surface area contributed by atoms with Gasteiger partial charge in [-0.25, -0.2) is 32.9 Å². The van der Waals surface area contributed by atoms with Gasteiger partial charge < -0.3 is 119 Å². The fourth-order valence-electron chi connectivity index (χ4n) is 17.1. The normalized spacial score (nSPS) is 19.1. The van der Waals surface area contributed by atoms with Crippen molar-refractivity contribution < 1.29 is 94.7 Å². The second-order valence-corrected chi connectivity index (χ2v) is 36.1. The van der Waals surface area contributed by atoms with Gasteiger partial charge in [0.25, 0.3) is 0 Å². The first-order valence-corrected chi connectivity index (χ1v) is 51.3. The van der Waals surface area contributed by atoms with Gasteiger partial charge in [0.1, 0.15) is 33.0 Å². The zero-order valence-corrected chi connectivity index (χ0v) is 87.7. The molecule has 0 radical (unpaired) electrons. The van der Waals surface area contributed by atoms with E-state index in [4.69, 9.17) is 207 Å². The largest absolute Gasteiger partial charge is 0.380 e. The van der Waals surface area contributed by atoms with E-state index in [0.29, 0.717) is 447 Å². The van der Waals surface area contributed by atoms with Gasteiger partial charge >= 0.3 is 0 Å². The van der Waals surface area contributed by atoms with E-state index in [-0.39, 0.29) is 40.4 Å². The van der Waals surface area contributed by atoms with Crippen molar-refractivity contribution in [3.05, 3.63) is 57.1 Å². The van der Waals surface area contributed by atoms with E-state index in [9.17, 15) is 0 Å². The number of hydrogen-bond acceptors (Lipinski definition) is 35. The third kappa shape index (κ3) is 78.3. The highest BCUT2D eigenvalue weighted by atomic mass is 16.5. The minimum atomic E-state index is -0.347. The first-order chi connectivity index (χ1) is 72.6. The van der Waals surface area contributed by atoms with Crippen LogP contribution in [-0.4, -0.2) is 297 Å². The molecule has 812 valence electrons. The van der Waals surface area contributed by atoms with Crippen molar-refractivity contribution in [2.75, 3.05) is 297 Å². The second-order valence-electron chi connectivity index (χ2n) is 36.1. The lowest BCUT2D eigenvalue weighted by Gasteiger charge is -2.53. The number of nitrogens with zero attached hydrogens (tertiary/aromatic N) is 20. The van der Waals surface area contributed by atoms with Gasteiger partial charge in [-0.05, 0) is 141 Å². The van der Waals surface area contributed by atoms with Gasteiger partial charge in [-0.15, -0.1) is 0 Å². The van der Waals surface area contributed by atoms with Crippen molar-refractivity contribution in [3.8, 4) is 91.0 Å². The molecule has 0 amide bonds. The lowest BCUT2D eigenvalue weighted by Crippen LogP contribution is -2.50. The Morgan fingerprint density at radius 2 is 0.392 bits per heavy atom. The van der Waals surface area contributed by atoms with Crippen LogP contribution in [0.5, 0.6) is 0 Å². The molecule has 0 aromatic carbocycles. The molecule has 4 saturated carbocycles. The number of ether oxygens (including phenoxy) is 20. The Morgan fingerprint density at radius 1 is 0.223 bits per heavy atom. The molecule has 4 fully saturated rings. The zero-order chi connectivity index (χ0) is 109. The van der Waals surface area contributed by atoms with E-state index in [1.54, 1.807) is 0 Å². The van der Waals surface area contributed by atoms with Crippen molar-refractivity contribution in [1.29, 1.82) is 78.9 Å². The van der Waals surface area contributed by atoms with Crippen LogP contribution in [0.3, 0.4) is 0 Å². The van der Waals surface area contributed by atoms with Crippen LogP contribution < -0.4 is 0 Å². The highest BCUT2D eigenvalue weighted by Gasteiger charge is 2.50.